The van der Waals surface area contributed by atoms with E-state index in [1.807, 2.05) is 31.2 Å². The first-order chi connectivity index (χ1) is 10.7. The van der Waals surface area contributed by atoms with Crippen LogP contribution >= 0.6 is 11.6 Å². The van der Waals surface area contributed by atoms with Crippen LogP contribution in [-0.2, 0) is 4.79 Å². The molecule has 2 aromatic carbocycles. The minimum absolute atomic E-state index is 0.0990. The lowest BCUT2D eigenvalue weighted by atomic mass is 10.3. The monoisotopic (exact) mass is 319 g/mol. The average Bonchev–Trinajstić information content (AvgIpc) is 2.51. The number of benzene rings is 2. The first kappa shape index (κ1) is 16.2. The largest absolute Gasteiger partial charge is 0.494 e. The maximum atomic E-state index is 11.8. The Morgan fingerprint density at radius 1 is 1.00 bits per heavy atom. The third-order valence-corrected chi connectivity index (χ3v) is 3.11. The van der Waals surface area contributed by atoms with Crippen molar-refractivity contribution < 1.29 is 14.3 Å². The van der Waals surface area contributed by atoms with Gasteiger partial charge in [0.05, 0.1) is 19.6 Å². The Hall–Kier alpha value is -2.20. The van der Waals surface area contributed by atoms with Gasteiger partial charge >= 0.3 is 0 Å². The number of hydrogen-bond acceptors (Lipinski definition) is 3. The Morgan fingerprint density at radius 3 is 2.23 bits per heavy atom. The van der Waals surface area contributed by atoms with Crippen LogP contribution in [0.3, 0.4) is 0 Å². The van der Waals surface area contributed by atoms with E-state index in [9.17, 15) is 4.79 Å². The van der Waals surface area contributed by atoms with Gasteiger partial charge in [0.25, 0.3) is 0 Å². The second-order valence-electron chi connectivity index (χ2n) is 4.56. The molecular weight excluding hydrogens is 302 g/mol. The summed E-state index contributed by atoms with van der Waals surface area (Å²) in [4.78, 5) is 11.8. The molecule has 5 heteroatoms. The summed E-state index contributed by atoms with van der Waals surface area (Å²) in [7, 11) is 0. The fourth-order valence-corrected chi connectivity index (χ4v) is 1.94. The van der Waals surface area contributed by atoms with Crippen LogP contribution in [0.25, 0.3) is 0 Å². The number of ether oxygens (including phenoxy) is 2. The summed E-state index contributed by atoms with van der Waals surface area (Å²) < 4.78 is 10.8. The lowest BCUT2D eigenvalue weighted by molar-refractivity contribution is -0.116. The molecule has 0 saturated carbocycles. The Morgan fingerprint density at radius 2 is 1.59 bits per heavy atom. The summed E-state index contributed by atoms with van der Waals surface area (Å²) in [6.07, 6.45) is 0.274. The van der Waals surface area contributed by atoms with E-state index >= 15 is 0 Å². The maximum Gasteiger partial charge on any atom is 0.227 e. The Balaban J connectivity index is 1.74. The summed E-state index contributed by atoms with van der Waals surface area (Å²) in [6.45, 7) is 2.86. The number of halogens is 1. The van der Waals surface area contributed by atoms with Gasteiger partial charge in [-0.2, -0.15) is 0 Å². The number of hydrogen-bond donors (Lipinski definition) is 1. The average molecular weight is 320 g/mol. The lowest BCUT2D eigenvalue weighted by Crippen LogP contribution is -2.15. The molecular formula is C17H18ClNO3. The van der Waals surface area contributed by atoms with E-state index in [2.05, 4.69) is 5.32 Å². The van der Waals surface area contributed by atoms with E-state index in [4.69, 9.17) is 21.1 Å². The second kappa shape index (κ2) is 8.29. The molecule has 0 fully saturated rings. The van der Waals surface area contributed by atoms with Crippen molar-refractivity contribution in [2.75, 3.05) is 18.5 Å². The van der Waals surface area contributed by atoms with Crippen LogP contribution in [0.1, 0.15) is 13.3 Å². The van der Waals surface area contributed by atoms with Crippen LogP contribution in [0.4, 0.5) is 5.69 Å². The van der Waals surface area contributed by atoms with E-state index in [0.29, 0.717) is 24.0 Å². The van der Waals surface area contributed by atoms with Gasteiger partial charge < -0.3 is 14.8 Å². The maximum absolute atomic E-state index is 11.8. The summed E-state index contributed by atoms with van der Waals surface area (Å²) in [6, 6.07) is 14.3. The van der Waals surface area contributed by atoms with Gasteiger partial charge in [0.1, 0.15) is 11.5 Å². The molecule has 4 nitrogen and oxygen atoms in total. The van der Waals surface area contributed by atoms with Gasteiger partial charge in [0.2, 0.25) is 5.91 Å². The molecule has 0 heterocycles. The summed E-state index contributed by atoms with van der Waals surface area (Å²) in [5, 5.41) is 3.46. The van der Waals surface area contributed by atoms with Gasteiger partial charge in [-0.1, -0.05) is 11.6 Å². The molecule has 0 aromatic heterocycles. The van der Waals surface area contributed by atoms with Crippen LogP contribution in [0, 0.1) is 0 Å². The van der Waals surface area contributed by atoms with Crippen molar-refractivity contribution in [3.8, 4) is 11.5 Å². The SMILES string of the molecule is CCOc1ccc(NC(=O)CCOc2ccc(Cl)cc2)cc1. The standard InChI is InChI=1S/C17H18ClNO3/c1-2-21-15-9-5-14(6-10-15)19-17(20)11-12-22-16-7-3-13(18)4-8-16/h3-10H,2,11-12H2,1H3,(H,19,20). The molecule has 116 valence electrons. The van der Waals surface area contributed by atoms with Gasteiger partial charge in [-0.05, 0) is 55.5 Å². The van der Waals surface area contributed by atoms with Gasteiger partial charge in [0.15, 0.2) is 0 Å². The quantitative estimate of drug-likeness (QED) is 0.834. The number of carbonyl (C=O) groups excluding carboxylic acids is 1. The number of nitrogens with one attached hydrogen (secondary N) is 1. The Bertz CT molecular complexity index is 596. The molecule has 0 unspecified atom stereocenters. The van der Waals surface area contributed by atoms with E-state index in [0.717, 1.165) is 11.4 Å². The smallest absolute Gasteiger partial charge is 0.227 e. The number of rotatable bonds is 7. The highest BCUT2D eigenvalue weighted by Gasteiger charge is 2.03. The van der Waals surface area contributed by atoms with Crippen molar-refractivity contribution in [2.45, 2.75) is 13.3 Å². The fraction of sp³-hybridized carbons (Fsp3) is 0.235. The highest BCUT2D eigenvalue weighted by Crippen LogP contribution is 2.17. The molecule has 0 spiro atoms. The van der Waals surface area contributed by atoms with Crippen LogP contribution in [0.15, 0.2) is 48.5 Å². The van der Waals surface area contributed by atoms with Gasteiger partial charge in [-0.15, -0.1) is 0 Å². The Kier molecular flexibility index (Phi) is 6.10. The third-order valence-electron chi connectivity index (χ3n) is 2.86. The molecule has 1 N–H and O–H groups in total. The molecule has 0 aliphatic rings. The summed E-state index contributed by atoms with van der Waals surface area (Å²) >= 11 is 5.79. The molecule has 2 rings (SSSR count). The molecule has 0 bridgehead atoms. The van der Waals surface area contributed by atoms with Crippen molar-refractivity contribution in [1.82, 2.24) is 0 Å². The van der Waals surface area contributed by atoms with Gasteiger partial charge in [0, 0.05) is 10.7 Å². The topological polar surface area (TPSA) is 47.6 Å². The van der Waals surface area contributed by atoms with Crippen molar-refractivity contribution in [3.63, 3.8) is 0 Å². The van der Waals surface area contributed by atoms with Gasteiger partial charge in [-0.3, -0.25) is 4.79 Å². The van der Waals surface area contributed by atoms with E-state index in [1.165, 1.54) is 0 Å². The van der Waals surface area contributed by atoms with Crippen molar-refractivity contribution in [1.29, 1.82) is 0 Å². The second-order valence-corrected chi connectivity index (χ2v) is 4.99. The van der Waals surface area contributed by atoms with Crippen molar-refractivity contribution in [3.05, 3.63) is 53.6 Å². The molecule has 1 amide bonds. The van der Waals surface area contributed by atoms with E-state index < -0.39 is 0 Å². The minimum atomic E-state index is -0.0990. The minimum Gasteiger partial charge on any atom is -0.494 e. The Labute approximate surface area is 135 Å². The number of carbonyl (C=O) groups is 1. The zero-order valence-corrected chi connectivity index (χ0v) is 13.1. The first-order valence-corrected chi connectivity index (χ1v) is 7.46. The molecule has 0 aliphatic carbocycles. The lowest BCUT2D eigenvalue weighted by Gasteiger charge is -2.08. The zero-order chi connectivity index (χ0) is 15.8. The van der Waals surface area contributed by atoms with E-state index in [1.54, 1.807) is 24.3 Å². The fourth-order valence-electron chi connectivity index (χ4n) is 1.82. The highest BCUT2D eigenvalue weighted by atomic mass is 35.5. The molecule has 0 saturated heterocycles. The van der Waals surface area contributed by atoms with Crippen LogP contribution in [-0.4, -0.2) is 19.1 Å². The predicted molar refractivity (Wildman–Crippen MR) is 87.8 cm³/mol. The zero-order valence-electron chi connectivity index (χ0n) is 12.3. The first-order valence-electron chi connectivity index (χ1n) is 7.08. The molecule has 2 aromatic rings. The van der Waals surface area contributed by atoms with Crippen LogP contribution in [0.2, 0.25) is 5.02 Å². The molecule has 0 radical (unpaired) electrons. The van der Waals surface area contributed by atoms with Crippen LogP contribution < -0.4 is 14.8 Å². The van der Waals surface area contributed by atoms with E-state index in [-0.39, 0.29) is 12.3 Å². The van der Waals surface area contributed by atoms with Crippen LogP contribution in [0.5, 0.6) is 11.5 Å². The molecule has 22 heavy (non-hydrogen) atoms. The van der Waals surface area contributed by atoms with Crippen molar-refractivity contribution in [2.24, 2.45) is 0 Å². The summed E-state index contributed by atoms with van der Waals surface area (Å²) in [5.41, 5.74) is 0.736. The van der Waals surface area contributed by atoms with Crippen molar-refractivity contribution >= 4 is 23.2 Å². The third kappa shape index (κ3) is 5.30. The summed E-state index contributed by atoms with van der Waals surface area (Å²) in [5.74, 6) is 1.38. The normalized spacial score (nSPS) is 10.1. The molecule has 0 atom stereocenters. The van der Waals surface area contributed by atoms with Gasteiger partial charge in [-0.25, -0.2) is 0 Å². The predicted octanol–water partition coefficient (Wildman–Crippen LogP) is 4.15. The highest BCUT2D eigenvalue weighted by molar-refractivity contribution is 6.30. The number of anilines is 1. The number of amides is 1. The molecule has 0 aliphatic heterocycles.